The molecule has 4 heterocycles. The molecule has 2 saturated carbocycles. The van der Waals surface area contributed by atoms with Gasteiger partial charge in [-0.2, -0.15) is 31.4 Å². The molecule has 356 valence electrons. The number of aromatic nitrogens is 6. The maximum absolute atomic E-state index is 12.8. The molecule has 0 atom stereocenters. The van der Waals surface area contributed by atoms with E-state index in [-0.39, 0.29) is 43.6 Å². The van der Waals surface area contributed by atoms with Crippen molar-refractivity contribution < 1.29 is 41.0 Å². The molecule has 2 amide bonds. The van der Waals surface area contributed by atoms with Crippen molar-refractivity contribution in [2.24, 2.45) is 0 Å². The van der Waals surface area contributed by atoms with Crippen molar-refractivity contribution in [2.45, 2.75) is 83.4 Å². The van der Waals surface area contributed by atoms with Crippen LogP contribution >= 0.6 is 15.9 Å². The topological polar surface area (TPSA) is 175 Å². The number of para-hydroxylation sites is 1. The molecular formula is C47H46BrF6N11O3. The van der Waals surface area contributed by atoms with Gasteiger partial charge in [-0.25, -0.2) is 19.0 Å². The molecule has 2 aliphatic carbocycles. The van der Waals surface area contributed by atoms with Gasteiger partial charge in [0, 0.05) is 64.7 Å². The minimum Gasteiger partial charge on any atom is -0.392 e. The summed E-state index contributed by atoms with van der Waals surface area (Å²) in [5.74, 6) is 0.152. The molecule has 0 spiro atoms. The molecular weight excluding hydrogens is 960 g/mol. The maximum Gasteiger partial charge on any atom is 0.390 e. The van der Waals surface area contributed by atoms with E-state index in [4.69, 9.17) is 0 Å². The summed E-state index contributed by atoms with van der Waals surface area (Å²) in [7, 11) is 0. The SMILES string of the molecule is Cc1cc(-c2cnc3c(NCCC(F)(F)F)cc(Br)nn23)ccc1C(=O)NC1CC1.Cc1cc(-c2cnc3c(NCCC(F)(F)F)cc(Nc4ccccc4CO)nn23)ccc1C(=O)NC1CC1. The molecule has 4 aromatic heterocycles. The van der Waals surface area contributed by atoms with Crippen molar-refractivity contribution in [3.8, 4) is 22.5 Å². The van der Waals surface area contributed by atoms with E-state index >= 15 is 0 Å². The number of anilines is 4. The Morgan fingerprint density at radius 3 is 1.63 bits per heavy atom. The van der Waals surface area contributed by atoms with E-state index in [0.717, 1.165) is 47.9 Å². The van der Waals surface area contributed by atoms with Crippen LogP contribution in [0.25, 0.3) is 33.8 Å². The first kappa shape index (κ1) is 47.7. The van der Waals surface area contributed by atoms with Crippen LogP contribution < -0.4 is 26.6 Å². The van der Waals surface area contributed by atoms with Crippen molar-refractivity contribution in [2.75, 3.05) is 29.0 Å². The van der Waals surface area contributed by atoms with Gasteiger partial charge in [-0.3, -0.25) is 9.59 Å². The monoisotopic (exact) mass is 1010 g/mol. The molecule has 7 aromatic rings. The molecule has 9 rings (SSSR count). The zero-order chi connectivity index (χ0) is 48.3. The van der Waals surface area contributed by atoms with Crippen LogP contribution in [-0.4, -0.2) is 83.6 Å². The van der Waals surface area contributed by atoms with E-state index in [1.54, 1.807) is 76.0 Å². The third-order valence-electron chi connectivity index (χ3n) is 11.2. The van der Waals surface area contributed by atoms with Gasteiger partial charge in [0.2, 0.25) is 0 Å². The summed E-state index contributed by atoms with van der Waals surface area (Å²) in [6.45, 7) is 2.93. The fourth-order valence-corrected chi connectivity index (χ4v) is 7.74. The van der Waals surface area contributed by atoms with Crippen molar-refractivity contribution in [1.82, 2.24) is 39.8 Å². The van der Waals surface area contributed by atoms with E-state index in [1.165, 1.54) is 0 Å². The van der Waals surface area contributed by atoms with Crippen LogP contribution in [0.4, 0.5) is 49.2 Å². The van der Waals surface area contributed by atoms with E-state index in [1.807, 2.05) is 32.0 Å². The van der Waals surface area contributed by atoms with Crippen LogP contribution in [0.5, 0.6) is 0 Å². The van der Waals surface area contributed by atoms with Crippen molar-refractivity contribution >= 4 is 61.9 Å². The van der Waals surface area contributed by atoms with Gasteiger partial charge < -0.3 is 31.7 Å². The van der Waals surface area contributed by atoms with Crippen LogP contribution in [-0.2, 0) is 6.61 Å². The number of aliphatic hydroxyl groups excluding tert-OH is 1. The molecule has 3 aromatic carbocycles. The second kappa shape index (κ2) is 19.8. The van der Waals surface area contributed by atoms with Crippen LogP contribution in [0.1, 0.15) is 75.9 Å². The smallest absolute Gasteiger partial charge is 0.390 e. The zero-order valence-corrected chi connectivity index (χ0v) is 38.3. The summed E-state index contributed by atoms with van der Waals surface area (Å²) < 4.78 is 79.4. The van der Waals surface area contributed by atoms with Crippen LogP contribution in [0.2, 0.25) is 0 Å². The third-order valence-corrected chi connectivity index (χ3v) is 11.5. The average molecular weight is 1010 g/mol. The van der Waals surface area contributed by atoms with Gasteiger partial charge in [0.15, 0.2) is 17.1 Å². The molecule has 0 aliphatic heterocycles. The number of nitrogens with zero attached hydrogens (tertiary/aromatic N) is 6. The number of carbonyl (C=O) groups is 2. The normalized spacial score (nSPS) is 13.8. The number of fused-ring (bicyclic) bond motifs is 2. The van der Waals surface area contributed by atoms with Gasteiger partial charge >= 0.3 is 12.4 Å². The zero-order valence-electron chi connectivity index (χ0n) is 36.7. The predicted octanol–water partition coefficient (Wildman–Crippen LogP) is 9.92. The van der Waals surface area contributed by atoms with E-state index in [0.29, 0.717) is 66.9 Å². The van der Waals surface area contributed by atoms with Gasteiger partial charge in [0.05, 0.1) is 54.6 Å². The number of benzene rings is 3. The number of halogens is 7. The molecule has 0 bridgehead atoms. The Morgan fingerprint density at radius 2 is 1.16 bits per heavy atom. The summed E-state index contributed by atoms with van der Waals surface area (Å²) in [5.41, 5.74) is 8.48. The molecule has 0 radical (unpaired) electrons. The molecule has 21 heteroatoms. The lowest BCUT2D eigenvalue weighted by molar-refractivity contribution is -0.132. The van der Waals surface area contributed by atoms with Gasteiger partial charge in [-0.15, -0.1) is 5.10 Å². The quantitative estimate of drug-likeness (QED) is 0.0543. The Balaban J connectivity index is 0.000000189. The minimum atomic E-state index is -4.30. The Bertz CT molecular complexity index is 2980. The number of nitrogens with one attached hydrogen (secondary N) is 5. The standard InChI is InChI=1S/C27H27F3N6O2.C20H19BrF3N5O/c1-16-12-17(6-9-20(16)26(38)33-19-7-8-19)23-14-32-25-22(31-11-10-27(28,29)30)13-24(35-36(23)25)34-21-5-3-2-4-18(21)15-37;1-11-8-12(2-5-14(11)19(30)27-13-3-4-13)16-10-26-18-15(9-17(21)28-29(16)18)25-7-6-20(22,23)24/h2-6,9,12-14,19,31,37H,7-8,10-11,15H2,1H3,(H,33,38)(H,34,35);2,5,8-10,13,25H,3-4,6-7H2,1H3,(H,27,30). The number of aliphatic hydroxyl groups is 1. The second-order valence-corrected chi connectivity index (χ2v) is 17.5. The Kier molecular flexibility index (Phi) is 13.9. The Morgan fingerprint density at radius 1 is 0.676 bits per heavy atom. The molecule has 6 N–H and O–H groups in total. The number of alkyl halides is 6. The fraction of sp³-hybridized carbons (Fsp3) is 0.319. The minimum absolute atomic E-state index is 0.0864. The predicted molar refractivity (Wildman–Crippen MR) is 249 cm³/mol. The first-order valence-electron chi connectivity index (χ1n) is 21.8. The highest BCUT2D eigenvalue weighted by Crippen LogP contribution is 2.32. The lowest BCUT2D eigenvalue weighted by Crippen LogP contribution is -2.26. The second-order valence-electron chi connectivity index (χ2n) is 16.7. The maximum atomic E-state index is 12.8. The van der Waals surface area contributed by atoms with Gasteiger partial charge in [-0.1, -0.05) is 30.3 Å². The van der Waals surface area contributed by atoms with E-state index in [2.05, 4.69) is 62.7 Å². The summed E-state index contributed by atoms with van der Waals surface area (Å²) in [4.78, 5) is 33.7. The van der Waals surface area contributed by atoms with Crippen LogP contribution in [0.15, 0.2) is 89.8 Å². The highest BCUT2D eigenvalue weighted by Gasteiger charge is 2.29. The first-order valence-corrected chi connectivity index (χ1v) is 22.6. The largest absolute Gasteiger partial charge is 0.392 e. The van der Waals surface area contributed by atoms with Gasteiger partial charge in [0.25, 0.3) is 11.8 Å². The molecule has 14 nitrogen and oxygen atoms in total. The first-order chi connectivity index (χ1) is 32.4. The third kappa shape index (κ3) is 11.9. The number of hydrogen-bond donors (Lipinski definition) is 6. The summed E-state index contributed by atoms with van der Waals surface area (Å²) in [6.07, 6.45) is -3.25. The van der Waals surface area contributed by atoms with E-state index in [9.17, 15) is 41.0 Å². The van der Waals surface area contributed by atoms with Gasteiger partial charge in [0.1, 0.15) is 4.60 Å². The number of aryl methyl sites for hydroxylation is 2. The number of hydrogen-bond acceptors (Lipinski definition) is 10. The summed E-state index contributed by atoms with van der Waals surface area (Å²) >= 11 is 3.31. The lowest BCUT2D eigenvalue weighted by Gasteiger charge is -2.14. The number of rotatable bonds is 15. The molecule has 0 unspecified atom stereocenters. The highest BCUT2D eigenvalue weighted by atomic mass is 79.9. The average Bonchev–Trinajstić information content (AvgIpc) is 4.19. The van der Waals surface area contributed by atoms with Crippen LogP contribution in [0, 0.1) is 13.8 Å². The highest BCUT2D eigenvalue weighted by molar-refractivity contribution is 9.10. The van der Waals surface area contributed by atoms with Crippen molar-refractivity contribution in [3.63, 3.8) is 0 Å². The van der Waals surface area contributed by atoms with Gasteiger partial charge in [-0.05, 0) is 103 Å². The number of amides is 2. The number of carbonyl (C=O) groups excluding carboxylic acids is 2. The molecule has 2 fully saturated rings. The Hall–Kier alpha value is -6.74. The molecule has 0 saturated heterocycles. The lowest BCUT2D eigenvalue weighted by atomic mass is 10.0. The summed E-state index contributed by atoms with van der Waals surface area (Å²) in [6, 6.07) is 21.7. The van der Waals surface area contributed by atoms with Crippen molar-refractivity contribution in [3.05, 3.63) is 118 Å². The molecule has 68 heavy (non-hydrogen) atoms. The number of imidazole rings is 2. The Labute approximate surface area is 394 Å². The molecule has 2 aliphatic rings. The summed E-state index contributed by atoms with van der Waals surface area (Å²) in [5, 5.41) is 33.5. The van der Waals surface area contributed by atoms with Crippen LogP contribution in [0.3, 0.4) is 0 Å². The fourth-order valence-electron chi connectivity index (χ4n) is 7.36. The van der Waals surface area contributed by atoms with Crippen molar-refractivity contribution in [1.29, 1.82) is 0 Å². The van der Waals surface area contributed by atoms with E-state index < -0.39 is 25.2 Å².